The Morgan fingerprint density at radius 2 is 1.42 bits per heavy atom. The molecule has 146 valence electrons. The molecular weight excluding hydrogens is 328 g/mol. The van der Waals surface area contributed by atoms with E-state index >= 15 is 0 Å². The van der Waals surface area contributed by atoms with Gasteiger partial charge < -0.3 is 10.2 Å². The minimum Gasteiger partial charge on any atom is -0.352 e. The van der Waals surface area contributed by atoms with Gasteiger partial charge in [-0.1, -0.05) is 12.8 Å². The number of carbonyl (C=O) groups excluding carboxylic acids is 2. The smallest absolute Gasteiger partial charge is 0.237 e. The fourth-order valence-corrected chi connectivity index (χ4v) is 5.03. The lowest BCUT2D eigenvalue weighted by atomic mass is 9.78. The second kappa shape index (κ2) is 8.26. The summed E-state index contributed by atoms with van der Waals surface area (Å²) >= 11 is 0. The minimum atomic E-state index is 0.161. The molecule has 0 aromatic carbocycles. The van der Waals surface area contributed by atoms with Gasteiger partial charge in [-0.3, -0.25) is 19.4 Å². The molecule has 26 heavy (non-hydrogen) atoms. The van der Waals surface area contributed by atoms with Crippen LogP contribution in [0.15, 0.2) is 0 Å². The van der Waals surface area contributed by atoms with Crippen molar-refractivity contribution >= 4 is 11.8 Å². The molecule has 4 aliphatic rings. The molecule has 0 unspecified atom stereocenters. The van der Waals surface area contributed by atoms with Crippen molar-refractivity contribution in [3.8, 4) is 0 Å². The molecular formula is C20H34N4O2. The number of piperidine rings is 1. The maximum absolute atomic E-state index is 12.9. The number of hydrogen-bond donors (Lipinski definition) is 1. The first-order chi connectivity index (χ1) is 12.7. The maximum Gasteiger partial charge on any atom is 0.237 e. The Labute approximate surface area is 157 Å². The highest BCUT2D eigenvalue weighted by Gasteiger charge is 2.36. The third-order valence-electron chi connectivity index (χ3n) is 6.70. The Morgan fingerprint density at radius 3 is 2.15 bits per heavy atom. The third-order valence-corrected chi connectivity index (χ3v) is 6.70. The second-order valence-electron chi connectivity index (χ2n) is 8.74. The van der Waals surface area contributed by atoms with Gasteiger partial charge in [0.25, 0.3) is 0 Å². The van der Waals surface area contributed by atoms with Crippen LogP contribution in [-0.2, 0) is 9.59 Å². The molecule has 2 aliphatic heterocycles. The second-order valence-corrected chi connectivity index (χ2v) is 8.74. The highest BCUT2D eigenvalue weighted by atomic mass is 16.2. The number of likely N-dealkylation sites (tertiary alicyclic amines) is 1. The molecule has 2 amide bonds. The number of carbonyl (C=O) groups is 2. The molecule has 2 aliphatic carbocycles. The Morgan fingerprint density at radius 1 is 0.769 bits per heavy atom. The number of amides is 2. The summed E-state index contributed by atoms with van der Waals surface area (Å²) in [6, 6.07) is 0.951. The summed E-state index contributed by atoms with van der Waals surface area (Å²) in [5.74, 6) is 1.25. The van der Waals surface area contributed by atoms with Crippen LogP contribution in [0.3, 0.4) is 0 Å². The van der Waals surface area contributed by atoms with Crippen LogP contribution < -0.4 is 5.32 Å². The minimum absolute atomic E-state index is 0.161. The molecule has 2 saturated heterocycles. The van der Waals surface area contributed by atoms with Gasteiger partial charge in [0, 0.05) is 44.8 Å². The van der Waals surface area contributed by atoms with Crippen molar-refractivity contribution < 1.29 is 9.59 Å². The molecule has 0 spiro atoms. The monoisotopic (exact) mass is 362 g/mol. The average Bonchev–Trinajstić information content (AvgIpc) is 3.46. The van der Waals surface area contributed by atoms with Gasteiger partial charge in [-0.05, 0) is 44.4 Å². The standard InChI is InChI=1S/C20H34N4O2/c25-19(21-17-7-8-17)14-22-10-12-23(13-11-22)15-20(26)24-9-3-5-16-4-1-2-6-18(16)24/h16-18H,1-15H2,(H,21,25)/t16-,18+/m1/s1. The van der Waals surface area contributed by atoms with Gasteiger partial charge in [-0.25, -0.2) is 0 Å². The largest absolute Gasteiger partial charge is 0.352 e. The average molecular weight is 363 g/mol. The Bertz CT molecular complexity index is 512. The fraction of sp³-hybridized carbons (Fsp3) is 0.900. The molecule has 6 heteroatoms. The van der Waals surface area contributed by atoms with E-state index in [-0.39, 0.29) is 5.91 Å². The molecule has 0 aromatic heterocycles. The lowest BCUT2D eigenvalue weighted by Gasteiger charge is -2.45. The van der Waals surface area contributed by atoms with Crippen LogP contribution in [0.4, 0.5) is 0 Å². The van der Waals surface area contributed by atoms with E-state index < -0.39 is 0 Å². The van der Waals surface area contributed by atoms with Crippen molar-refractivity contribution in [2.24, 2.45) is 5.92 Å². The zero-order valence-corrected chi connectivity index (χ0v) is 16.0. The Balaban J connectivity index is 1.21. The van der Waals surface area contributed by atoms with Crippen molar-refractivity contribution in [1.82, 2.24) is 20.0 Å². The molecule has 0 radical (unpaired) electrons. The van der Waals surface area contributed by atoms with Crippen LogP contribution in [0.1, 0.15) is 51.4 Å². The van der Waals surface area contributed by atoms with Crippen LogP contribution in [0.2, 0.25) is 0 Å². The summed E-state index contributed by atoms with van der Waals surface area (Å²) in [7, 11) is 0. The van der Waals surface area contributed by atoms with Crippen molar-refractivity contribution in [3.05, 3.63) is 0 Å². The van der Waals surface area contributed by atoms with Gasteiger partial charge in [-0.2, -0.15) is 0 Å². The van der Waals surface area contributed by atoms with E-state index in [2.05, 4.69) is 20.0 Å². The van der Waals surface area contributed by atoms with E-state index in [1.54, 1.807) is 0 Å². The summed E-state index contributed by atoms with van der Waals surface area (Å²) in [5, 5.41) is 3.06. The molecule has 2 atom stereocenters. The lowest BCUT2D eigenvalue weighted by molar-refractivity contribution is -0.139. The third kappa shape index (κ3) is 4.58. The zero-order valence-electron chi connectivity index (χ0n) is 16.0. The summed E-state index contributed by atoms with van der Waals surface area (Å²) in [5.41, 5.74) is 0. The van der Waals surface area contributed by atoms with Gasteiger partial charge in [0.05, 0.1) is 13.1 Å². The van der Waals surface area contributed by atoms with E-state index in [1.807, 2.05) is 0 Å². The van der Waals surface area contributed by atoms with Gasteiger partial charge in [-0.15, -0.1) is 0 Å². The number of hydrogen-bond acceptors (Lipinski definition) is 4. The summed E-state index contributed by atoms with van der Waals surface area (Å²) in [6.45, 7) is 5.59. The Hall–Kier alpha value is -1.14. The van der Waals surface area contributed by atoms with Crippen LogP contribution in [0, 0.1) is 5.92 Å². The van der Waals surface area contributed by atoms with E-state index in [1.165, 1.54) is 38.5 Å². The Kier molecular flexibility index (Phi) is 5.79. The predicted molar refractivity (Wildman–Crippen MR) is 101 cm³/mol. The predicted octanol–water partition coefficient (Wildman–Crippen LogP) is 1.06. The first-order valence-corrected chi connectivity index (χ1v) is 10.7. The fourth-order valence-electron chi connectivity index (χ4n) is 5.03. The first-order valence-electron chi connectivity index (χ1n) is 10.7. The van der Waals surface area contributed by atoms with Gasteiger partial charge in [0.2, 0.25) is 11.8 Å². The molecule has 0 bridgehead atoms. The molecule has 0 aromatic rings. The van der Waals surface area contributed by atoms with Gasteiger partial charge in [0.15, 0.2) is 0 Å². The summed E-state index contributed by atoms with van der Waals surface area (Å²) in [6.07, 6.45) is 9.93. The van der Waals surface area contributed by atoms with Gasteiger partial charge >= 0.3 is 0 Å². The number of nitrogens with one attached hydrogen (secondary N) is 1. The maximum atomic E-state index is 12.9. The summed E-state index contributed by atoms with van der Waals surface area (Å²) < 4.78 is 0. The number of nitrogens with zero attached hydrogens (tertiary/aromatic N) is 3. The molecule has 2 saturated carbocycles. The van der Waals surface area contributed by atoms with Crippen LogP contribution in [0.5, 0.6) is 0 Å². The number of fused-ring (bicyclic) bond motifs is 1. The quantitative estimate of drug-likeness (QED) is 0.795. The molecule has 2 heterocycles. The van der Waals surface area contributed by atoms with Crippen molar-refractivity contribution in [2.75, 3.05) is 45.8 Å². The number of rotatable bonds is 5. The van der Waals surface area contributed by atoms with Crippen molar-refractivity contribution in [3.63, 3.8) is 0 Å². The normalized spacial score (nSPS) is 30.7. The SMILES string of the molecule is O=C(CN1CCN(CC(=O)N2CCC[C@H]3CCCC[C@@H]32)CC1)NC1CC1. The topological polar surface area (TPSA) is 55.9 Å². The number of piperazine rings is 1. The highest BCUT2D eigenvalue weighted by molar-refractivity contribution is 5.79. The molecule has 1 N–H and O–H groups in total. The highest BCUT2D eigenvalue weighted by Crippen LogP contribution is 2.35. The van der Waals surface area contributed by atoms with Crippen LogP contribution in [0.25, 0.3) is 0 Å². The molecule has 6 nitrogen and oxygen atoms in total. The van der Waals surface area contributed by atoms with Crippen molar-refractivity contribution in [1.29, 1.82) is 0 Å². The van der Waals surface area contributed by atoms with E-state index in [4.69, 9.17) is 0 Å². The summed E-state index contributed by atoms with van der Waals surface area (Å²) in [4.78, 5) is 31.6. The zero-order chi connectivity index (χ0) is 17.9. The van der Waals surface area contributed by atoms with Gasteiger partial charge in [0.1, 0.15) is 0 Å². The van der Waals surface area contributed by atoms with E-state index in [0.717, 1.165) is 51.5 Å². The van der Waals surface area contributed by atoms with Crippen LogP contribution in [-0.4, -0.2) is 84.4 Å². The first kappa shape index (κ1) is 18.2. The molecule has 4 fully saturated rings. The van der Waals surface area contributed by atoms with E-state index in [9.17, 15) is 9.59 Å². The lowest BCUT2D eigenvalue weighted by Crippen LogP contribution is -2.55. The van der Waals surface area contributed by atoms with E-state index in [0.29, 0.717) is 31.1 Å². The van der Waals surface area contributed by atoms with Crippen LogP contribution >= 0.6 is 0 Å². The molecule has 4 rings (SSSR count). The van der Waals surface area contributed by atoms with Crippen molar-refractivity contribution in [2.45, 2.75) is 63.5 Å².